The zero-order chi connectivity index (χ0) is 17.2. The maximum Gasteiger partial charge on any atom is 0.130 e. The van der Waals surface area contributed by atoms with E-state index in [0.29, 0.717) is 8.55 Å². The van der Waals surface area contributed by atoms with E-state index in [-0.39, 0.29) is 0 Å². The molecule has 5 radical (unpaired) electrons. The van der Waals surface area contributed by atoms with Crippen molar-refractivity contribution in [3.63, 3.8) is 0 Å². The summed E-state index contributed by atoms with van der Waals surface area (Å²) in [6.07, 6.45) is 0. The van der Waals surface area contributed by atoms with E-state index >= 15 is 0 Å². The average Bonchev–Trinajstić information content (AvgIpc) is 2.60. The summed E-state index contributed by atoms with van der Waals surface area (Å²) in [6.45, 7) is 6.46. The Bertz CT molecular complexity index is 692. The van der Waals surface area contributed by atoms with Gasteiger partial charge in [-0.2, -0.15) is 0 Å². The van der Waals surface area contributed by atoms with Gasteiger partial charge in [0.1, 0.15) is 7.59 Å². The number of benzene rings is 3. The lowest BCUT2D eigenvalue weighted by Crippen LogP contribution is -2.71. The fourth-order valence-corrected chi connectivity index (χ4v) is 13.3. The van der Waals surface area contributed by atoms with Gasteiger partial charge in [0.15, 0.2) is 0 Å². The van der Waals surface area contributed by atoms with Gasteiger partial charge in [-0.25, -0.2) is 0 Å². The minimum Gasteiger partial charge on any atom is -0.0622 e. The van der Waals surface area contributed by atoms with Crippen LogP contribution in [-0.4, -0.2) is 25.9 Å². The number of hydrogen-bond donors (Lipinski definition) is 0. The second kappa shape index (κ2) is 7.05. The van der Waals surface area contributed by atoms with Gasteiger partial charge >= 0.3 is 0 Å². The highest BCUT2D eigenvalue weighted by molar-refractivity contribution is 7.53. The van der Waals surface area contributed by atoms with Gasteiger partial charge < -0.3 is 0 Å². The molecule has 0 bridgehead atoms. The fraction of sp³-hybridized carbons (Fsp3) is 0.143. The van der Waals surface area contributed by atoms with Crippen LogP contribution in [0.1, 0.15) is 16.7 Å². The third-order valence-electron chi connectivity index (χ3n) is 4.64. The first-order valence-electron chi connectivity index (χ1n) is 8.21. The van der Waals surface area contributed by atoms with Gasteiger partial charge in [-0.1, -0.05) is 105 Å². The smallest absolute Gasteiger partial charge is 0.0622 e. The zero-order valence-corrected chi connectivity index (χ0v) is 17.4. The molecule has 0 aliphatic carbocycles. The minimum absolute atomic E-state index is 0.686. The van der Waals surface area contributed by atoms with E-state index in [1.807, 2.05) is 0 Å². The van der Waals surface area contributed by atoms with Crippen molar-refractivity contribution in [2.24, 2.45) is 0 Å². The summed E-state index contributed by atoms with van der Waals surface area (Å²) >= 11 is 0. The van der Waals surface area contributed by atoms with Crippen LogP contribution in [0.5, 0.6) is 0 Å². The van der Waals surface area contributed by atoms with Gasteiger partial charge in [0.25, 0.3) is 0 Å². The highest BCUT2D eigenvalue weighted by atomic mass is 29.5. The predicted molar refractivity (Wildman–Crippen MR) is 110 cm³/mol. The standard InChI is InChI=1S/C21H21Si3/c1-16-4-10-19(11-5-16)24(23-22,20-12-6-17(2)7-13-20)21-14-8-18(3)9-15-21/h4-15H,1-3H3. The molecule has 0 unspecified atom stereocenters. The van der Waals surface area contributed by atoms with E-state index in [1.54, 1.807) is 0 Å². The molecule has 3 rings (SSSR count). The summed E-state index contributed by atoms with van der Waals surface area (Å²) in [4.78, 5) is 0. The average molecular weight is 358 g/mol. The Morgan fingerprint density at radius 1 is 0.542 bits per heavy atom. The van der Waals surface area contributed by atoms with E-state index in [4.69, 9.17) is 0 Å². The van der Waals surface area contributed by atoms with E-state index < -0.39 is 7.59 Å². The molecule has 117 valence electrons. The van der Waals surface area contributed by atoms with Crippen molar-refractivity contribution in [2.45, 2.75) is 20.8 Å². The van der Waals surface area contributed by atoms with Gasteiger partial charge in [-0.15, -0.1) is 0 Å². The van der Waals surface area contributed by atoms with Crippen LogP contribution in [0.4, 0.5) is 0 Å². The molecule has 3 aromatic carbocycles. The second-order valence-corrected chi connectivity index (χ2v) is 15.2. The number of rotatable bonds is 4. The summed E-state index contributed by atoms with van der Waals surface area (Å²) in [6, 6.07) is 27.4. The SMILES string of the molecule is Cc1ccc([Si]([Si][Si])(c2ccc(C)cc2)c2ccc(C)cc2)cc1. The van der Waals surface area contributed by atoms with E-state index in [1.165, 1.54) is 32.3 Å². The molecule has 0 N–H and O–H groups in total. The number of aryl methyl sites for hydroxylation is 3. The molecule has 0 heterocycles. The Kier molecular flexibility index (Phi) is 5.04. The predicted octanol–water partition coefficient (Wildman–Crippen LogP) is 2.37. The Labute approximate surface area is 151 Å². The van der Waals surface area contributed by atoms with Crippen LogP contribution in [0.25, 0.3) is 0 Å². The number of hydrogen-bond acceptors (Lipinski definition) is 0. The van der Waals surface area contributed by atoms with Gasteiger partial charge in [-0.05, 0) is 20.8 Å². The topological polar surface area (TPSA) is 0 Å². The lowest BCUT2D eigenvalue weighted by atomic mass is 10.2. The molecule has 0 aromatic heterocycles. The summed E-state index contributed by atoms with van der Waals surface area (Å²) in [5, 5.41) is 4.40. The molecule has 0 atom stereocenters. The molecule has 0 saturated carbocycles. The summed E-state index contributed by atoms with van der Waals surface area (Å²) in [7, 11) is 2.65. The molecule has 0 saturated heterocycles. The summed E-state index contributed by atoms with van der Waals surface area (Å²) < 4.78 is 0. The maximum atomic E-state index is 3.99. The molecule has 0 spiro atoms. The largest absolute Gasteiger partial charge is 0.130 e. The van der Waals surface area contributed by atoms with Crippen LogP contribution in [-0.2, 0) is 0 Å². The third kappa shape index (κ3) is 3.11. The van der Waals surface area contributed by atoms with Crippen molar-refractivity contribution in [2.75, 3.05) is 0 Å². The Hall–Kier alpha value is -1.69. The van der Waals surface area contributed by atoms with Crippen molar-refractivity contribution in [3.8, 4) is 0 Å². The first kappa shape index (κ1) is 17.1. The second-order valence-electron chi connectivity index (χ2n) is 6.47. The first-order valence-corrected chi connectivity index (χ1v) is 13.7. The molecule has 0 aliphatic heterocycles. The van der Waals surface area contributed by atoms with E-state index in [2.05, 4.69) is 103 Å². The highest BCUT2D eigenvalue weighted by Crippen LogP contribution is 2.09. The minimum atomic E-state index is -2.03. The van der Waals surface area contributed by atoms with Gasteiger partial charge in [0.05, 0.1) is 0 Å². The van der Waals surface area contributed by atoms with Crippen molar-refractivity contribution in [1.82, 2.24) is 0 Å². The highest BCUT2D eigenvalue weighted by Gasteiger charge is 2.37. The van der Waals surface area contributed by atoms with Crippen LogP contribution < -0.4 is 15.6 Å². The molecule has 0 fully saturated rings. The summed E-state index contributed by atoms with van der Waals surface area (Å²) in [5.74, 6) is 0. The summed E-state index contributed by atoms with van der Waals surface area (Å²) in [5.41, 5.74) is 3.94. The molecular formula is C21H21Si3. The molecular weight excluding hydrogens is 336 g/mol. The molecule has 24 heavy (non-hydrogen) atoms. The van der Waals surface area contributed by atoms with Crippen LogP contribution in [0.15, 0.2) is 72.8 Å². The zero-order valence-electron chi connectivity index (χ0n) is 14.4. The molecule has 3 heteroatoms. The molecule has 0 nitrogen and oxygen atoms in total. The molecule has 0 aliphatic rings. The van der Waals surface area contributed by atoms with Crippen molar-refractivity contribution in [3.05, 3.63) is 89.5 Å². The van der Waals surface area contributed by atoms with E-state index in [9.17, 15) is 0 Å². The van der Waals surface area contributed by atoms with E-state index in [0.717, 1.165) is 0 Å². The maximum absolute atomic E-state index is 3.99. The molecule has 0 amide bonds. The Morgan fingerprint density at radius 3 is 1.00 bits per heavy atom. The van der Waals surface area contributed by atoms with Gasteiger partial charge in [0.2, 0.25) is 0 Å². The van der Waals surface area contributed by atoms with Crippen LogP contribution in [0.2, 0.25) is 0 Å². The van der Waals surface area contributed by atoms with Crippen molar-refractivity contribution in [1.29, 1.82) is 0 Å². The fourth-order valence-electron chi connectivity index (χ4n) is 3.13. The van der Waals surface area contributed by atoms with Crippen molar-refractivity contribution >= 4 is 41.5 Å². The van der Waals surface area contributed by atoms with Crippen LogP contribution in [0.3, 0.4) is 0 Å². The normalized spacial score (nSPS) is 11.5. The van der Waals surface area contributed by atoms with Crippen molar-refractivity contribution < 1.29 is 0 Å². The monoisotopic (exact) mass is 357 g/mol. The van der Waals surface area contributed by atoms with Crippen LogP contribution in [0, 0.1) is 20.8 Å². The Balaban J connectivity index is 2.27. The van der Waals surface area contributed by atoms with Gasteiger partial charge in [-0.3, -0.25) is 0 Å². The lowest BCUT2D eigenvalue weighted by molar-refractivity contribution is 1.47. The van der Waals surface area contributed by atoms with Gasteiger partial charge in [0, 0.05) is 18.3 Å². The third-order valence-corrected chi connectivity index (χ3v) is 15.7. The lowest BCUT2D eigenvalue weighted by Gasteiger charge is -2.33. The first-order chi connectivity index (χ1) is 11.6. The molecule has 3 aromatic rings. The quantitative estimate of drug-likeness (QED) is 0.497. The Morgan fingerprint density at radius 2 is 0.792 bits per heavy atom. The van der Waals surface area contributed by atoms with Crippen LogP contribution >= 0.6 is 0 Å².